The van der Waals surface area contributed by atoms with Crippen molar-refractivity contribution in [2.24, 2.45) is 5.92 Å². The molecule has 21 heavy (non-hydrogen) atoms. The quantitative estimate of drug-likeness (QED) is 0.712. The van der Waals surface area contributed by atoms with Crippen LogP contribution in [0, 0.1) is 5.92 Å². The van der Waals surface area contributed by atoms with Gasteiger partial charge in [0, 0.05) is 12.7 Å². The molecule has 1 amide bonds. The van der Waals surface area contributed by atoms with Crippen LogP contribution in [0.1, 0.15) is 30.1 Å². The van der Waals surface area contributed by atoms with Gasteiger partial charge in [0.15, 0.2) is 0 Å². The summed E-state index contributed by atoms with van der Waals surface area (Å²) in [5.74, 6) is 0.104. The highest BCUT2D eigenvalue weighted by Crippen LogP contribution is 2.30. The lowest BCUT2D eigenvalue weighted by atomic mass is 10.2. The van der Waals surface area contributed by atoms with E-state index in [1.807, 2.05) is 0 Å². The Morgan fingerprint density at radius 2 is 2.19 bits per heavy atom. The molecule has 6 heteroatoms. The van der Waals surface area contributed by atoms with Crippen LogP contribution in [0.2, 0.25) is 0 Å². The van der Waals surface area contributed by atoms with E-state index < -0.39 is 5.97 Å². The van der Waals surface area contributed by atoms with Crippen molar-refractivity contribution in [2.45, 2.75) is 19.8 Å². The van der Waals surface area contributed by atoms with Crippen LogP contribution in [-0.2, 0) is 9.53 Å². The minimum Gasteiger partial charge on any atom is -0.480 e. The topological polar surface area (TPSA) is 68.7 Å². The van der Waals surface area contributed by atoms with Gasteiger partial charge in [0.05, 0.1) is 13.7 Å². The zero-order chi connectivity index (χ0) is 15.2. The fourth-order valence-corrected chi connectivity index (χ4v) is 2.08. The molecule has 1 aliphatic rings. The number of aromatic nitrogens is 1. The minimum absolute atomic E-state index is 0.0405. The highest BCUT2D eigenvalue weighted by Gasteiger charge is 2.30. The third-order valence-corrected chi connectivity index (χ3v) is 3.28. The van der Waals surface area contributed by atoms with E-state index in [9.17, 15) is 9.59 Å². The summed E-state index contributed by atoms with van der Waals surface area (Å²) in [6.07, 6.45) is 3.75. The van der Waals surface area contributed by atoms with Gasteiger partial charge in [0.2, 0.25) is 5.88 Å². The summed E-state index contributed by atoms with van der Waals surface area (Å²) in [6.45, 7) is 2.58. The van der Waals surface area contributed by atoms with Crippen LogP contribution >= 0.6 is 0 Å². The van der Waals surface area contributed by atoms with Crippen LogP contribution in [0.5, 0.6) is 5.88 Å². The van der Waals surface area contributed by atoms with Gasteiger partial charge in [0.1, 0.15) is 12.1 Å². The van der Waals surface area contributed by atoms with Crippen molar-refractivity contribution in [3.05, 3.63) is 23.9 Å². The van der Waals surface area contributed by atoms with Crippen molar-refractivity contribution in [3.63, 3.8) is 0 Å². The molecule has 1 aromatic rings. The fourth-order valence-electron chi connectivity index (χ4n) is 2.08. The number of nitrogens with zero attached hydrogens (tertiary/aromatic N) is 2. The van der Waals surface area contributed by atoms with E-state index in [-0.39, 0.29) is 18.3 Å². The second kappa shape index (κ2) is 7.06. The van der Waals surface area contributed by atoms with Crippen molar-refractivity contribution < 1.29 is 19.1 Å². The van der Waals surface area contributed by atoms with Gasteiger partial charge in [0.25, 0.3) is 5.91 Å². The van der Waals surface area contributed by atoms with E-state index in [1.54, 1.807) is 25.3 Å². The van der Waals surface area contributed by atoms with Gasteiger partial charge in [-0.1, -0.05) is 0 Å². The van der Waals surface area contributed by atoms with E-state index in [1.165, 1.54) is 12.0 Å². The van der Waals surface area contributed by atoms with Crippen molar-refractivity contribution in [3.8, 4) is 5.88 Å². The predicted molar refractivity (Wildman–Crippen MR) is 76.0 cm³/mol. The zero-order valence-electron chi connectivity index (χ0n) is 12.4. The van der Waals surface area contributed by atoms with Crippen LogP contribution in [0.4, 0.5) is 0 Å². The van der Waals surface area contributed by atoms with Gasteiger partial charge >= 0.3 is 5.97 Å². The maximum atomic E-state index is 12.6. The highest BCUT2D eigenvalue weighted by atomic mass is 16.5. The number of carbonyl (C=O) groups is 2. The maximum absolute atomic E-state index is 12.6. The monoisotopic (exact) mass is 292 g/mol. The van der Waals surface area contributed by atoms with Gasteiger partial charge in [-0.2, -0.15) is 0 Å². The Balaban J connectivity index is 2.14. The number of amides is 1. The number of hydrogen-bond acceptors (Lipinski definition) is 5. The van der Waals surface area contributed by atoms with Crippen LogP contribution < -0.4 is 4.74 Å². The molecule has 0 radical (unpaired) electrons. The summed E-state index contributed by atoms with van der Waals surface area (Å²) in [6, 6.07) is 3.33. The second-order valence-electron chi connectivity index (χ2n) is 4.99. The normalized spacial score (nSPS) is 13.6. The van der Waals surface area contributed by atoms with Gasteiger partial charge in [-0.05, 0) is 37.8 Å². The summed E-state index contributed by atoms with van der Waals surface area (Å²) in [5.41, 5.74) is 0.366. The third kappa shape index (κ3) is 4.18. The van der Waals surface area contributed by atoms with Gasteiger partial charge in [-0.25, -0.2) is 4.98 Å². The standard InChI is InChI=1S/C15H20N2O4/c1-3-21-13(18)10-17(9-11-6-7-11)15(19)12-5-4-8-16-14(12)20-2/h4-5,8,11H,3,6-7,9-10H2,1-2H3. The summed E-state index contributed by atoms with van der Waals surface area (Å²) < 4.78 is 10.1. The third-order valence-electron chi connectivity index (χ3n) is 3.28. The van der Waals surface area contributed by atoms with Crippen molar-refractivity contribution in [1.82, 2.24) is 9.88 Å². The van der Waals surface area contributed by atoms with E-state index in [4.69, 9.17) is 9.47 Å². The molecule has 0 saturated heterocycles. The molecular formula is C15H20N2O4. The molecule has 0 atom stereocenters. The largest absolute Gasteiger partial charge is 0.480 e. The predicted octanol–water partition coefficient (Wildman–Crippen LogP) is 1.51. The summed E-state index contributed by atoms with van der Waals surface area (Å²) >= 11 is 0. The Hall–Kier alpha value is -2.11. The Bertz CT molecular complexity index is 514. The Kier molecular flexibility index (Phi) is 5.14. The van der Waals surface area contributed by atoms with E-state index in [2.05, 4.69) is 4.98 Å². The number of hydrogen-bond donors (Lipinski definition) is 0. The van der Waals surface area contributed by atoms with E-state index in [0.29, 0.717) is 24.6 Å². The smallest absolute Gasteiger partial charge is 0.325 e. The second-order valence-corrected chi connectivity index (χ2v) is 4.99. The number of ether oxygens (including phenoxy) is 2. The number of carbonyl (C=O) groups excluding carboxylic acids is 2. The van der Waals surface area contributed by atoms with E-state index in [0.717, 1.165) is 12.8 Å². The molecule has 1 aromatic heterocycles. The van der Waals surface area contributed by atoms with Crippen LogP contribution in [0.3, 0.4) is 0 Å². The lowest BCUT2D eigenvalue weighted by molar-refractivity contribution is -0.143. The molecular weight excluding hydrogens is 272 g/mol. The maximum Gasteiger partial charge on any atom is 0.325 e. The summed E-state index contributed by atoms with van der Waals surface area (Å²) in [4.78, 5) is 29.9. The molecule has 0 aliphatic heterocycles. The number of pyridine rings is 1. The average Bonchev–Trinajstić information content (AvgIpc) is 3.30. The van der Waals surface area contributed by atoms with Gasteiger partial charge in [-0.15, -0.1) is 0 Å². The Morgan fingerprint density at radius 3 is 2.81 bits per heavy atom. The first-order chi connectivity index (χ1) is 10.2. The van der Waals surface area contributed by atoms with Crippen molar-refractivity contribution >= 4 is 11.9 Å². The lowest BCUT2D eigenvalue weighted by Gasteiger charge is -2.22. The average molecular weight is 292 g/mol. The molecule has 0 bridgehead atoms. The fraction of sp³-hybridized carbons (Fsp3) is 0.533. The lowest BCUT2D eigenvalue weighted by Crippen LogP contribution is -2.38. The van der Waals surface area contributed by atoms with Crippen LogP contribution in [0.25, 0.3) is 0 Å². The Labute approximate surface area is 124 Å². The van der Waals surface area contributed by atoms with Gasteiger partial charge in [-0.3, -0.25) is 9.59 Å². The molecule has 1 aliphatic carbocycles. The highest BCUT2D eigenvalue weighted by molar-refractivity contribution is 5.97. The molecule has 0 N–H and O–H groups in total. The summed E-state index contributed by atoms with van der Waals surface area (Å²) in [5, 5.41) is 0. The molecule has 114 valence electrons. The number of methoxy groups -OCH3 is 1. The first-order valence-electron chi connectivity index (χ1n) is 7.09. The molecule has 6 nitrogen and oxygen atoms in total. The molecule has 1 heterocycles. The number of rotatable bonds is 7. The van der Waals surface area contributed by atoms with Crippen molar-refractivity contribution in [1.29, 1.82) is 0 Å². The summed E-state index contributed by atoms with van der Waals surface area (Å²) in [7, 11) is 1.47. The first kappa shape index (κ1) is 15.3. The van der Waals surface area contributed by atoms with E-state index >= 15 is 0 Å². The molecule has 2 rings (SSSR count). The molecule has 0 spiro atoms. The SMILES string of the molecule is CCOC(=O)CN(CC1CC1)C(=O)c1cccnc1OC. The zero-order valence-corrected chi connectivity index (χ0v) is 12.4. The van der Waals surface area contributed by atoms with Gasteiger partial charge < -0.3 is 14.4 Å². The first-order valence-corrected chi connectivity index (χ1v) is 7.09. The number of esters is 1. The molecule has 0 unspecified atom stereocenters. The Morgan fingerprint density at radius 1 is 1.43 bits per heavy atom. The molecule has 1 fully saturated rings. The van der Waals surface area contributed by atoms with Crippen LogP contribution in [0.15, 0.2) is 18.3 Å². The minimum atomic E-state index is -0.394. The molecule has 1 saturated carbocycles. The van der Waals surface area contributed by atoms with Crippen molar-refractivity contribution in [2.75, 3.05) is 26.8 Å². The van der Waals surface area contributed by atoms with Crippen LogP contribution in [-0.4, -0.2) is 48.6 Å². The molecule has 0 aromatic carbocycles.